The van der Waals surface area contributed by atoms with Crippen LogP contribution in [0.1, 0.15) is 18.1 Å². The molecule has 2 aromatic carbocycles. The molecule has 0 radical (unpaired) electrons. The predicted molar refractivity (Wildman–Crippen MR) is 106 cm³/mol. The van der Waals surface area contributed by atoms with Gasteiger partial charge in [-0.25, -0.2) is 0 Å². The molecular weight excluding hydrogens is 356 g/mol. The highest BCUT2D eigenvalue weighted by Gasteiger charge is 2.22. The summed E-state index contributed by atoms with van der Waals surface area (Å²) < 4.78 is 4.76. The van der Waals surface area contributed by atoms with Gasteiger partial charge in [-0.1, -0.05) is 67.6 Å². The average Bonchev–Trinajstić information content (AvgIpc) is 2.72. The number of hydrogen-bond donors (Lipinski definition) is 1. The summed E-state index contributed by atoms with van der Waals surface area (Å²) in [6, 6.07) is 18.8. The molecule has 0 saturated heterocycles. The lowest BCUT2D eigenvalue weighted by atomic mass is 10.1. The smallest absolute Gasteiger partial charge is 0.310 e. The molecule has 2 rings (SSSR count). The van der Waals surface area contributed by atoms with Gasteiger partial charge in [0.1, 0.15) is 0 Å². The van der Waals surface area contributed by atoms with Gasteiger partial charge in [-0.05, 0) is 11.1 Å². The van der Waals surface area contributed by atoms with Crippen LogP contribution in [0.2, 0.25) is 0 Å². The second-order valence-corrected chi connectivity index (χ2v) is 6.62. The SMILES string of the molecule is COC(=O)C(C)CN(Cc1ccccc1)C(=O)CNC(=O)Cc1ccccc1. The Kier molecular flexibility index (Phi) is 8.21. The maximum absolute atomic E-state index is 12.7. The number of rotatable bonds is 9. The van der Waals surface area contributed by atoms with Gasteiger partial charge in [0, 0.05) is 13.1 Å². The van der Waals surface area contributed by atoms with E-state index in [9.17, 15) is 14.4 Å². The highest BCUT2D eigenvalue weighted by atomic mass is 16.5. The Balaban J connectivity index is 1.97. The number of nitrogens with zero attached hydrogens (tertiary/aromatic N) is 1. The molecule has 2 amide bonds. The van der Waals surface area contributed by atoms with E-state index in [1.807, 2.05) is 60.7 Å². The van der Waals surface area contributed by atoms with Crippen LogP contribution < -0.4 is 5.32 Å². The van der Waals surface area contributed by atoms with Crippen molar-refractivity contribution >= 4 is 17.8 Å². The zero-order valence-corrected chi connectivity index (χ0v) is 16.3. The molecule has 1 unspecified atom stereocenters. The first-order chi connectivity index (χ1) is 13.5. The summed E-state index contributed by atoms with van der Waals surface area (Å²) in [5.74, 6) is -1.31. The molecule has 0 aliphatic heterocycles. The molecular formula is C22H26N2O4. The molecule has 6 heteroatoms. The lowest BCUT2D eigenvalue weighted by Gasteiger charge is -2.25. The number of benzene rings is 2. The number of hydrogen-bond acceptors (Lipinski definition) is 4. The Hall–Kier alpha value is -3.15. The number of carbonyl (C=O) groups is 3. The quantitative estimate of drug-likeness (QED) is 0.675. The lowest BCUT2D eigenvalue weighted by molar-refractivity contribution is -0.146. The van der Waals surface area contributed by atoms with Gasteiger partial charge < -0.3 is 15.0 Å². The molecule has 2 aromatic rings. The zero-order valence-electron chi connectivity index (χ0n) is 16.3. The largest absolute Gasteiger partial charge is 0.469 e. The predicted octanol–water partition coefficient (Wildman–Crippen LogP) is 2.18. The lowest BCUT2D eigenvalue weighted by Crippen LogP contribution is -2.43. The maximum Gasteiger partial charge on any atom is 0.310 e. The van der Waals surface area contributed by atoms with Gasteiger partial charge in [0.05, 0.1) is 26.0 Å². The fraction of sp³-hybridized carbons (Fsp3) is 0.318. The van der Waals surface area contributed by atoms with Crippen molar-refractivity contribution in [3.63, 3.8) is 0 Å². The van der Waals surface area contributed by atoms with Crippen LogP contribution >= 0.6 is 0 Å². The van der Waals surface area contributed by atoms with E-state index in [1.165, 1.54) is 7.11 Å². The molecule has 0 aliphatic carbocycles. The Morgan fingerprint density at radius 1 is 0.964 bits per heavy atom. The van der Waals surface area contributed by atoms with Crippen LogP contribution in [0.3, 0.4) is 0 Å². The van der Waals surface area contributed by atoms with E-state index in [1.54, 1.807) is 11.8 Å². The third-order valence-electron chi connectivity index (χ3n) is 4.31. The number of nitrogens with one attached hydrogen (secondary N) is 1. The molecule has 0 saturated carbocycles. The topological polar surface area (TPSA) is 75.7 Å². The monoisotopic (exact) mass is 382 g/mol. The fourth-order valence-corrected chi connectivity index (χ4v) is 2.79. The molecule has 0 heterocycles. The molecule has 0 aliphatic rings. The van der Waals surface area contributed by atoms with Gasteiger partial charge in [-0.2, -0.15) is 0 Å². The van der Waals surface area contributed by atoms with Crippen molar-refractivity contribution < 1.29 is 19.1 Å². The van der Waals surface area contributed by atoms with Crippen molar-refractivity contribution in [2.24, 2.45) is 5.92 Å². The first kappa shape index (κ1) is 21.2. The zero-order chi connectivity index (χ0) is 20.4. The maximum atomic E-state index is 12.7. The van der Waals surface area contributed by atoms with Gasteiger partial charge in [0.15, 0.2) is 0 Å². The Bertz CT molecular complexity index is 778. The molecule has 0 fully saturated rings. The van der Waals surface area contributed by atoms with Crippen molar-refractivity contribution in [2.75, 3.05) is 20.2 Å². The molecule has 1 N–H and O–H groups in total. The van der Waals surface area contributed by atoms with Gasteiger partial charge >= 0.3 is 5.97 Å². The van der Waals surface area contributed by atoms with Crippen molar-refractivity contribution in [3.8, 4) is 0 Å². The van der Waals surface area contributed by atoms with Crippen molar-refractivity contribution in [3.05, 3.63) is 71.8 Å². The summed E-state index contributed by atoms with van der Waals surface area (Å²) in [5.41, 5.74) is 1.83. The third kappa shape index (κ3) is 6.87. The summed E-state index contributed by atoms with van der Waals surface area (Å²) in [6.45, 7) is 2.17. The van der Waals surface area contributed by atoms with Gasteiger partial charge in [0.2, 0.25) is 11.8 Å². The van der Waals surface area contributed by atoms with E-state index in [-0.39, 0.29) is 37.3 Å². The standard InChI is InChI=1S/C22H26N2O4/c1-17(22(27)28-2)15-24(16-19-11-7-4-8-12-19)21(26)14-23-20(25)13-18-9-5-3-6-10-18/h3-12,17H,13-16H2,1-2H3,(H,23,25). The fourth-order valence-electron chi connectivity index (χ4n) is 2.79. The van der Waals surface area contributed by atoms with E-state index in [0.29, 0.717) is 6.54 Å². The molecule has 148 valence electrons. The molecule has 0 bridgehead atoms. The summed E-state index contributed by atoms with van der Waals surface area (Å²) in [6.07, 6.45) is 0.214. The van der Waals surface area contributed by atoms with Gasteiger partial charge in [0.25, 0.3) is 0 Å². The van der Waals surface area contributed by atoms with Crippen LogP contribution in [-0.4, -0.2) is 42.9 Å². The molecule has 6 nitrogen and oxygen atoms in total. The van der Waals surface area contributed by atoms with Gasteiger partial charge in [-0.3, -0.25) is 14.4 Å². The first-order valence-electron chi connectivity index (χ1n) is 9.19. The summed E-state index contributed by atoms with van der Waals surface area (Å²) >= 11 is 0. The molecule has 0 spiro atoms. The van der Waals surface area contributed by atoms with Crippen LogP contribution in [-0.2, 0) is 32.1 Å². The van der Waals surface area contributed by atoms with Crippen LogP contribution in [0.4, 0.5) is 0 Å². The minimum atomic E-state index is -0.460. The second kappa shape index (κ2) is 10.9. The highest BCUT2D eigenvalue weighted by Crippen LogP contribution is 2.09. The highest BCUT2D eigenvalue weighted by molar-refractivity contribution is 5.86. The average molecular weight is 382 g/mol. The number of esters is 1. The van der Waals surface area contributed by atoms with Crippen LogP contribution in [0.15, 0.2) is 60.7 Å². The van der Waals surface area contributed by atoms with E-state index in [0.717, 1.165) is 11.1 Å². The minimum absolute atomic E-state index is 0.119. The summed E-state index contributed by atoms with van der Waals surface area (Å²) in [5, 5.41) is 2.67. The third-order valence-corrected chi connectivity index (χ3v) is 4.31. The Morgan fingerprint density at radius 3 is 2.11 bits per heavy atom. The number of carbonyl (C=O) groups excluding carboxylic acids is 3. The van der Waals surface area contributed by atoms with Crippen LogP contribution in [0.25, 0.3) is 0 Å². The van der Waals surface area contributed by atoms with Crippen LogP contribution in [0.5, 0.6) is 0 Å². The van der Waals surface area contributed by atoms with E-state index in [2.05, 4.69) is 5.32 Å². The summed E-state index contributed by atoms with van der Waals surface area (Å²) in [4.78, 5) is 38.2. The van der Waals surface area contributed by atoms with E-state index < -0.39 is 5.92 Å². The minimum Gasteiger partial charge on any atom is -0.469 e. The Labute approximate surface area is 165 Å². The second-order valence-electron chi connectivity index (χ2n) is 6.62. The van der Waals surface area contributed by atoms with E-state index >= 15 is 0 Å². The Morgan fingerprint density at radius 2 is 1.54 bits per heavy atom. The molecule has 1 atom stereocenters. The van der Waals surface area contributed by atoms with Crippen molar-refractivity contribution in [1.82, 2.24) is 10.2 Å². The molecule has 28 heavy (non-hydrogen) atoms. The van der Waals surface area contributed by atoms with Crippen molar-refractivity contribution in [1.29, 1.82) is 0 Å². The molecule has 0 aromatic heterocycles. The summed E-state index contributed by atoms with van der Waals surface area (Å²) in [7, 11) is 1.33. The van der Waals surface area contributed by atoms with E-state index in [4.69, 9.17) is 4.74 Å². The number of ether oxygens (including phenoxy) is 1. The van der Waals surface area contributed by atoms with Crippen molar-refractivity contribution in [2.45, 2.75) is 19.9 Å². The number of amides is 2. The van der Waals surface area contributed by atoms with Crippen LogP contribution in [0, 0.1) is 5.92 Å². The normalized spacial score (nSPS) is 11.4. The first-order valence-corrected chi connectivity index (χ1v) is 9.19. The van der Waals surface area contributed by atoms with Gasteiger partial charge in [-0.15, -0.1) is 0 Å². The number of methoxy groups -OCH3 is 1.